The highest BCUT2D eigenvalue weighted by atomic mass is 16.7. The van der Waals surface area contributed by atoms with E-state index < -0.39 is 18.0 Å². The first-order valence-corrected chi connectivity index (χ1v) is 17.8. The largest absolute Gasteiger partial charge is 0.394 e. The van der Waals surface area contributed by atoms with Gasteiger partial charge in [0.2, 0.25) is 0 Å². The molecule has 5 rings (SSSR count). The molecule has 1 saturated heterocycles. The summed E-state index contributed by atoms with van der Waals surface area (Å²) >= 11 is 0. The number of hydrogen-bond donors (Lipinski definition) is 3. The lowest BCUT2D eigenvalue weighted by atomic mass is 9.39. The molecular formula is C38H64O5. The Hall–Kier alpha value is -0.720. The zero-order chi connectivity index (χ0) is 31.4. The van der Waals surface area contributed by atoms with Gasteiger partial charge in [-0.3, -0.25) is 0 Å². The molecule has 0 amide bonds. The van der Waals surface area contributed by atoms with Crippen LogP contribution >= 0.6 is 0 Å². The Morgan fingerprint density at radius 3 is 2.49 bits per heavy atom. The molecule has 0 aromatic heterocycles. The van der Waals surface area contributed by atoms with E-state index in [1.54, 1.807) is 5.57 Å². The molecule has 4 fully saturated rings. The zero-order valence-corrected chi connectivity index (χ0v) is 28.5. The van der Waals surface area contributed by atoms with E-state index in [9.17, 15) is 15.3 Å². The van der Waals surface area contributed by atoms with E-state index in [2.05, 4.69) is 53.3 Å². The normalized spacial score (nSPS) is 47.2. The van der Waals surface area contributed by atoms with E-state index in [-0.39, 0.29) is 24.2 Å². The Morgan fingerprint density at radius 2 is 1.84 bits per heavy atom. The number of aliphatic hydroxyl groups excluding tert-OH is 2. The second-order valence-corrected chi connectivity index (χ2v) is 17.1. The molecule has 5 aliphatic rings. The van der Waals surface area contributed by atoms with Crippen LogP contribution < -0.4 is 0 Å². The van der Waals surface area contributed by atoms with Gasteiger partial charge < -0.3 is 24.8 Å². The fourth-order valence-electron chi connectivity index (χ4n) is 11.5. The van der Waals surface area contributed by atoms with Crippen molar-refractivity contribution in [3.8, 4) is 0 Å². The quantitative estimate of drug-likeness (QED) is 0.222. The minimum atomic E-state index is -0.595. The summed E-state index contributed by atoms with van der Waals surface area (Å²) in [4.78, 5) is 0. The van der Waals surface area contributed by atoms with E-state index in [1.165, 1.54) is 25.7 Å². The Morgan fingerprint density at radius 1 is 1.09 bits per heavy atom. The van der Waals surface area contributed by atoms with E-state index in [0.29, 0.717) is 52.8 Å². The Bertz CT molecular complexity index is 1030. The molecule has 0 aromatic carbocycles. The smallest absolute Gasteiger partial charge is 0.160 e. The molecule has 5 heteroatoms. The van der Waals surface area contributed by atoms with Crippen LogP contribution in [0.2, 0.25) is 0 Å². The molecule has 12 atom stereocenters. The average Bonchev–Trinajstić information content (AvgIpc) is 3.22. The third-order valence-corrected chi connectivity index (χ3v) is 14.4. The van der Waals surface area contributed by atoms with Crippen molar-refractivity contribution in [1.29, 1.82) is 0 Å². The van der Waals surface area contributed by atoms with Crippen LogP contribution in [0.15, 0.2) is 24.3 Å². The molecule has 0 bridgehead atoms. The van der Waals surface area contributed by atoms with Gasteiger partial charge in [0.05, 0.1) is 30.5 Å². The van der Waals surface area contributed by atoms with Gasteiger partial charge in [0.1, 0.15) is 0 Å². The Kier molecular flexibility index (Phi) is 9.50. The molecule has 246 valence electrons. The molecule has 3 N–H and O–H groups in total. The Labute approximate surface area is 262 Å². The van der Waals surface area contributed by atoms with Crippen LogP contribution in [-0.4, -0.2) is 52.1 Å². The summed E-state index contributed by atoms with van der Waals surface area (Å²) in [6.45, 7) is 20.8. The van der Waals surface area contributed by atoms with Crippen molar-refractivity contribution in [1.82, 2.24) is 0 Å². The van der Waals surface area contributed by atoms with Crippen molar-refractivity contribution in [2.75, 3.05) is 6.61 Å². The molecule has 0 spiro atoms. The SMILES string of the molecule is C=C[C@H](CCCC(C)(C)O)C1CC[C@@]2(C)C3CC=C4C(CC[C@H](O[C@H]5C[C@@H](O)C[C@@H](CO)O5)[C@@]4(C)CC)[C@]3(C)CC[C@]12C. The van der Waals surface area contributed by atoms with Gasteiger partial charge in [-0.25, -0.2) is 0 Å². The van der Waals surface area contributed by atoms with Gasteiger partial charge in [-0.05, 0) is 118 Å². The maximum atomic E-state index is 10.4. The predicted octanol–water partition coefficient (Wildman–Crippen LogP) is 7.97. The van der Waals surface area contributed by atoms with Crippen LogP contribution in [-0.2, 0) is 9.47 Å². The predicted molar refractivity (Wildman–Crippen MR) is 173 cm³/mol. The summed E-state index contributed by atoms with van der Waals surface area (Å²) in [5, 5.41) is 30.4. The molecular weight excluding hydrogens is 536 g/mol. The second-order valence-electron chi connectivity index (χ2n) is 17.1. The zero-order valence-electron chi connectivity index (χ0n) is 28.5. The molecule has 1 heterocycles. The molecule has 0 aromatic rings. The third kappa shape index (κ3) is 5.75. The van der Waals surface area contributed by atoms with Crippen molar-refractivity contribution >= 4 is 0 Å². The van der Waals surface area contributed by atoms with Crippen LogP contribution in [0.1, 0.15) is 132 Å². The van der Waals surface area contributed by atoms with Gasteiger partial charge in [0.15, 0.2) is 6.29 Å². The van der Waals surface area contributed by atoms with Crippen molar-refractivity contribution in [3.05, 3.63) is 24.3 Å². The van der Waals surface area contributed by atoms with E-state index in [0.717, 1.165) is 44.9 Å². The Balaban J connectivity index is 1.37. The summed E-state index contributed by atoms with van der Waals surface area (Å²) in [6, 6.07) is 0. The summed E-state index contributed by atoms with van der Waals surface area (Å²) in [7, 11) is 0. The van der Waals surface area contributed by atoms with Crippen LogP contribution in [0.5, 0.6) is 0 Å². The number of ether oxygens (including phenoxy) is 2. The molecule has 4 aliphatic carbocycles. The van der Waals surface area contributed by atoms with Crippen LogP contribution in [0.4, 0.5) is 0 Å². The van der Waals surface area contributed by atoms with Crippen molar-refractivity contribution in [2.45, 2.75) is 162 Å². The number of aliphatic hydroxyl groups is 3. The second kappa shape index (κ2) is 12.1. The fourth-order valence-corrected chi connectivity index (χ4v) is 11.5. The van der Waals surface area contributed by atoms with Crippen LogP contribution in [0.25, 0.3) is 0 Å². The molecule has 3 saturated carbocycles. The highest BCUT2D eigenvalue weighted by molar-refractivity contribution is 5.31. The fraction of sp³-hybridized carbons (Fsp3) is 0.895. The maximum Gasteiger partial charge on any atom is 0.160 e. The molecule has 3 unspecified atom stereocenters. The van der Waals surface area contributed by atoms with Gasteiger partial charge >= 0.3 is 0 Å². The van der Waals surface area contributed by atoms with E-state index >= 15 is 0 Å². The number of fused-ring (bicyclic) bond motifs is 5. The van der Waals surface area contributed by atoms with Crippen LogP contribution in [0.3, 0.4) is 0 Å². The molecule has 1 aliphatic heterocycles. The lowest BCUT2D eigenvalue weighted by molar-refractivity contribution is -0.257. The van der Waals surface area contributed by atoms with Crippen LogP contribution in [0, 0.1) is 45.3 Å². The van der Waals surface area contributed by atoms with Crippen molar-refractivity contribution in [2.24, 2.45) is 45.3 Å². The molecule has 0 radical (unpaired) electrons. The lowest BCUT2D eigenvalue weighted by Crippen LogP contribution is -2.59. The first kappa shape index (κ1) is 33.6. The number of allylic oxidation sites excluding steroid dienone is 2. The summed E-state index contributed by atoms with van der Waals surface area (Å²) in [5.74, 6) is 2.46. The summed E-state index contributed by atoms with van der Waals surface area (Å²) in [6.07, 6.45) is 17.2. The summed E-state index contributed by atoms with van der Waals surface area (Å²) < 4.78 is 12.8. The molecule has 43 heavy (non-hydrogen) atoms. The highest BCUT2D eigenvalue weighted by Crippen LogP contribution is 2.75. The average molecular weight is 601 g/mol. The standard InChI is InChI=1S/C38H64O5/c1-9-25(12-11-18-34(3,4)41)28-17-19-38(8)31-15-13-29-30(36(31,6)20-21-37(28,38)7)14-16-32(35(29,5)10-2)43-33-23-26(40)22-27(24-39)42-33/h9,13,25-28,30-33,39-41H,1,10-12,14-24H2,2-8H3/t25-,26+,27+,28?,30?,31?,32+,33+,35+,36+,37-,38+/m1/s1. The lowest BCUT2D eigenvalue weighted by Gasteiger charge is -2.66. The third-order valence-electron chi connectivity index (χ3n) is 14.4. The van der Waals surface area contributed by atoms with Crippen molar-refractivity contribution in [3.63, 3.8) is 0 Å². The number of rotatable bonds is 10. The minimum absolute atomic E-state index is 0.0499. The molecule has 5 nitrogen and oxygen atoms in total. The first-order chi connectivity index (χ1) is 20.1. The highest BCUT2D eigenvalue weighted by Gasteiger charge is 2.67. The first-order valence-electron chi connectivity index (χ1n) is 17.8. The summed E-state index contributed by atoms with van der Waals surface area (Å²) in [5.41, 5.74) is 1.89. The van der Waals surface area contributed by atoms with Gasteiger partial charge in [0.25, 0.3) is 0 Å². The monoisotopic (exact) mass is 600 g/mol. The maximum absolute atomic E-state index is 10.4. The van der Waals surface area contributed by atoms with E-state index in [1.807, 2.05) is 13.8 Å². The van der Waals surface area contributed by atoms with Gasteiger partial charge in [0, 0.05) is 18.3 Å². The van der Waals surface area contributed by atoms with Gasteiger partial charge in [-0.15, -0.1) is 6.58 Å². The van der Waals surface area contributed by atoms with E-state index in [4.69, 9.17) is 9.47 Å². The minimum Gasteiger partial charge on any atom is -0.394 e. The topological polar surface area (TPSA) is 79.2 Å². The van der Waals surface area contributed by atoms with Gasteiger partial charge in [-0.1, -0.05) is 58.8 Å². The van der Waals surface area contributed by atoms with Crippen molar-refractivity contribution < 1.29 is 24.8 Å². The number of hydrogen-bond acceptors (Lipinski definition) is 5. The van der Waals surface area contributed by atoms with Gasteiger partial charge in [-0.2, -0.15) is 0 Å².